The van der Waals surface area contributed by atoms with Crippen LogP contribution >= 0.6 is 11.6 Å². The first-order chi connectivity index (χ1) is 15.2. The van der Waals surface area contributed by atoms with Gasteiger partial charge in [0.1, 0.15) is 17.2 Å². The lowest BCUT2D eigenvalue weighted by Crippen LogP contribution is -2.15. The van der Waals surface area contributed by atoms with Crippen LogP contribution in [-0.4, -0.2) is 19.5 Å². The summed E-state index contributed by atoms with van der Waals surface area (Å²) in [7, 11) is 0. The summed E-state index contributed by atoms with van der Waals surface area (Å²) in [4.78, 5) is 14.1. The lowest BCUT2D eigenvalue weighted by molar-refractivity contribution is 0.361. The quantitative estimate of drug-likeness (QED) is 0.394. The fourth-order valence-electron chi connectivity index (χ4n) is 4.32. The Morgan fingerprint density at radius 3 is 2.68 bits per heavy atom. The van der Waals surface area contributed by atoms with Crippen LogP contribution in [-0.2, 0) is 6.54 Å². The summed E-state index contributed by atoms with van der Waals surface area (Å²) in [6.45, 7) is 0.443. The molecule has 1 N–H and O–H groups in total. The molecule has 0 atom stereocenters. The molecule has 0 radical (unpaired) electrons. The topological polar surface area (TPSA) is 55.6 Å². The number of imidazole rings is 1. The van der Waals surface area contributed by atoms with Crippen LogP contribution in [0.5, 0.6) is 0 Å². The van der Waals surface area contributed by atoms with Gasteiger partial charge in [-0.1, -0.05) is 55.1 Å². The van der Waals surface area contributed by atoms with Crippen molar-refractivity contribution in [2.75, 3.05) is 5.32 Å². The maximum atomic E-state index is 13.5. The molecular weight excluding hydrogens is 413 g/mol. The molecule has 0 bridgehead atoms. The van der Waals surface area contributed by atoms with E-state index in [0.717, 1.165) is 41.0 Å². The van der Waals surface area contributed by atoms with E-state index in [1.807, 2.05) is 30.3 Å². The second-order valence-corrected chi connectivity index (χ2v) is 8.37. The molecule has 0 aliphatic heterocycles. The molecule has 2 aromatic heterocycles. The molecule has 31 heavy (non-hydrogen) atoms. The lowest BCUT2D eigenvalue weighted by Gasteiger charge is -2.25. The minimum atomic E-state index is -0.254. The standard InChI is InChI=1S/C24H23ClFN5/c25-20-12-5-4-11-19(20)22-29-21-15-28-24(27-14-16-7-6-8-17(26)13-16)30-23(21)31(22)18-9-2-1-3-10-18/h4-8,11-13,15,18H,1-3,9-10,14H2,(H,27,28,30). The molecule has 4 aromatic rings. The van der Waals surface area contributed by atoms with Gasteiger partial charge in [0.15, 0.2) is 5.65 Å². The van der Waals surface area contributed by atoms with Crippen LogP contribution in [0.15, 0.2) is 54.7 Å². The molecule has 1 saturated carbocycles. The number of halogens is 2. The lowest BCUT2D eigenvalue weighted by atomic mass is 9.95. The van der Waals surface area contributed by atoms with Gasteiger partial charge in [-0.15, -0.1) is 0 Å². The zero-order valence-electron chi connectivity index (χ0n) is 17.1. The molecule has 0 unspecified atom stereocenters. The summed E-state index contributed by atoms with van der Waals surface area (Å²) in [5, 5.41) is 3.89. The molecule has 0 spiro atoms. The molecule has 2 aromatic carbocycles. The smallest absolute Gasteiger partial charge is 0.225 e. The summed E-state index contributed by atoms with van der Waals surface area (Å²) in [6.07, 6.45) is 7.60. The number of aromatic nitrogens is 4. The molecule has 1 fully saturated rings. The summed E-state index contributed by atoms with van der Waals surface area (Å²) in [6, 6.07) is 14.6. The number of hydrogen-bond acceptors (Lipinski definition) is 4. The van der Waals surface area contributed by atoms with Crippen molar-refractivity contribution in [3.05, 3.63) is 71.1 Å². The average molecular weight is 436 g/mol. The van der Waals surface area contributed by atoms with Crippen molar-refractivity contribution in [2.45, 2.75) is 44.7 Å². The van der Waals surface area contributed by atoms with E-state index >= 15 is 0 Å². The van der Waals surface area contributed by atoms with Crippen LogP contribution in [0.3, 0.4) is 0 Å². The Kier molecular flexibility index (Phi) is 5.55. The summed E-state index contributed by atoms with van der Waals surface area (Å²) in [5.41, 5.74) is 3.29. The van der Waals surface area contributed by atoms with Gasteiger partial charge < -0.3 is 9.88 Å². The largest absolute Gasteiger partial charge is 0.350 e. The second-order valence-electron chi connectivity index (χ2n) is 7.96. The number of nitrogens with zero attached hydrogens (tertiary/aromatic N) is 4. The van der Waals surface area contributed by atoms with Crippen LogP contribution in [0.2, 0.25) is 5.02 Å². The third kappa shape index (κ3) is 4.12. The van der Waals surface area contributed by atoms with Gasteiger partial charge in [0.25, 0.3) is 0 Å². The Morgan fingerprint density at radius 1 is 1.03 bits per heavy atom. The highest BCUT2D eigenvalue weighted by molar-refractivity contribution is 6.33. The molecular formula is C24H23ClFN5. The second kappa shape index (κ2) is 8.63. The van der Waals surface area contributed by atoms with Crippen LogP contribution in [0.4, 0.5) is 10.3 Å². The third-order valence-corrected chi connectivity index (χ3v) is 6.16. The third-order valence-electron chi connectivity index (χ3n) is 5.83. The Balaban J connectivity index is 1.55. The Labute approximate surface area is 185 Å². The molecule has 2 heterocycles. The minimum absolute atomic E-state index is 0.254. The summed E-state index contributed by atoms with van der Waals surface area (Å²) in [5.74, 6) is 1.08. The number of anilines is 1. The fraction of sp³-hybridized carbons (Fsp3) is 0.292. The highest BCUT2D eigenvalue weighted by Crippen LogP contribution is 2.37. The maximum absolute atomic E-state index is 13.5. The number of fused-ring (bicyclic) bond motifs is 1. The Bertz CT molecular complexity index is 1220. The van der Waals surface area contributed by atoms with Gasteiger partial charge in [-0.05, 0) is 42.7 Å². The van der Waals surface area contributed by atoms with Crippen LogP contribution in [0, 0.1) is 5.82 Å². The van der Waals surface area contributed by atoms with Gasteiger partial charge in [0.2, 0.25) is 5.95 Å². The van der Waals surface area contributed by atoms with Crippen LogP contribution in [0.25, 0.3) is 22.6 Å². The van der Waals surface area contributed by atoms with E-state index < -0.39 is 0 Å². The van der Waals surface area contributed by atoms with Crippen molar-refractivity contribution in [1.82, 2.24) is 19.5 Å². The van der Waals surface area contributed by atoms with Crippen molar-refractivity contribution < 1.29 is 4.39 Å². The maximum Gasteiger partial charge on any atom is 0.225 e. The van der Waals surface area contributed by atoms with Gasteiger partial charge in [0, 0.05) is 18.2 Å². The fourth-order valence-corrected chi connectivity index (χ4v) is 4.54. The van der Waals surface area contributed by atoms with Crippen LogP contribution in [0.1, 0.15) is 43.7 Å². The molecule has 0 amide bonds. The van der Waals surface area contributed by atoms with E-state index in [1.165, 1.54) is 31.4 Å². The van der Waals surface area contributed by atoms with E-state index in [9.17, 15) is 4.39 Å². The first kappa shape index (κ1) is 19.9. The highest BCUT2D eigenvalue weighted by atomic mass is 35.5. The number of hydrogen-bond donors (Lipinski definition) is 1. The van der Waals surface area contributed by atoms with Crippen molar-refractivity contribution >= 4 is 28.7 Å². The summed E-state index contributed by atoms with van der Waals surface area (Å²) < 4.78 is 15.7. The Morgan fingerprint density at radius 2 is 1.87 bits per heavy atom. The molecule has 5 rings (SSSR count). The normalized spacial score (nSPS) is 14.8. The average Bonchev–Trinajstić information content (AvgIpc) is 3.17. The van der Waals surface area contributed by atoms with Gasteiger partial charge in [-0.25, -0.2) is 14.4 Å². The van der Waals surface area contributed by atoms with Crippen molar-refractivity contribution in [1.29, 1.82) is 0 Å². The molecule has 158 valence electrons. The predicted octanol–water partition coefficient (Wildman–Crippen LogP) is 6.40. The molecule has 7 heteroatoms. The zero-order valence-corrected chi connectivity index (χ0v) is 17.8. The first-order valence-corrected chi connectivity index (χ1v) is 11.0. The van der Waals surface area contributed by atoms with Crippen molar-refractivity contribution in [2.24, 2.45) is 0 Å². The molecule has 1 aliphatic carbocycles. The van der Waals surface area contributed by atoms with Gasteiger partial charge >= 0.3 is 0 Å². The molecule has 5 nitrogen and oxygen atoms in total. The molecule has 0 saturated heterocycles. The first-order valence-electron chi connectivity index (χ1n) is 10.7. The van der Waals surface area contributed by atoms with E-state index in [-0.39, 0.29) is 5.82 Å². The van der Waals surface area contributed by atoms with E-state index in [2.05, 4.69) is 14.9 Å². The van der Waals surface area contributed by atoms with E-state index in [1.54, 1.807) is 12.3 Å². The number of benzene rings is 2. The minimum Gasteiger partial charge on any atom is -0.350 e. The number of nitrogens with one attached hydrogen (secondary N) is 1. The van der Waals surface area contributed by atoms with Crippen LogP contribution < -0.4 is 5.32 Å². The SMILES string of the molecule is Fc1cccc(CNc2ncc3nc(-c4ccccc4Cl)n(C4CCCCC4)c3n2)c1. The zero-order chi connectivity index (χ0) is 21.2. The van der Waals surface area contributed by atoms with E-state index in [0.29, 0.717) is 23.6 Å². The van der Waals surface area contributed by atoms with Crippen molar-refractivity contribution in [3.63, 3.8) is 0 Å². The van der Waals surface area contributed by atoms with Gasteiger partial charge in [0.05, 0.1) is 11.2 Å². The number of rotatable bonds is 5. The predicted molar refractivity (Wildman–Crippen MR) is 122 cm³/mol. The Hall–Kier alpha value is -2.99. The van der Waals surface area contributed by atoms with Gasteiger partial charge in [-0.3, -0.25) is 0 Å². The molecule has 1 aliphatic rings. The highest BCUT2D eigenvalue weighted by Gasteiger charge is 2.24. The van der Waals surface area contributed by atoms with Crippen molar-refractivity contribution in [3.8, 4) is 11.4 Å². The van der Waals surface area contributed by atoms with Gasteiger partial charge in [-0.2, -0.15) is 4.98 Å². The summed E-state index contributed by atoms with van der Waals surface area (Å²) >= 11 is 6.53. The van der Waals surface area contributed by atoms with E-state index in [4.69, 9.17) is 21.6 Å². The monoisotopic (exact) mass is 435 g/mol.